The monoisotopic (exact) mass is 297 g/mol. The molecule has 22 heavy (non-hydrogen) atoms. The summed E-state index contributed by atoms with van der Waals surface area (Å²) in [5.41, 5.74) is 1.34. The van der Waals surface area contributed by atoms with E-state index in [1.165, 1.54) is 30.0 Å². The van der Waals surface area contributed by atoms with Gasteiger partial charge in [0.05, 0.1) is 4.92 Å². The minimum absolute atomic E-state index is 0.101. The van der Waals surface area contributed by atoms with Crippen LogP contribution in [0.1, 0.15) is 30.4 Å². The first-order valence-corrected chi connectivity index (χ1v) is 7.12. The highest BCUT2D eigenvalue weighted by atomic mass is 16.6. The van der Waals surface area contributed by atoms with Gasteiger partial charge in [0.15, 0.2) is 0 Å². The molecule has 2 aromatic rings. The maximum absolute atomic E-state index is 11.7. The molecule has 0 aromatic heterocycles. The maximum atomic E-state index is 11.7. The van der Waals surface area contributed by atoms with Crippen molar-refractivity contribution in [1.82, 2.24) is 0 Å². The van der Waals surface area contributed by atoms with E-state index in [-0.39, 0.29) is 22.9 Å². The summed E-state index contributed by atoms with van der Waals surface area (Å²) in [6, 6.07) is 13.7. The first-order valence-electron chi connectivity index (χ1n) is 7.12. The Morgan fingerprint density at radius 3 is 2.59 bits per heavy atom. The molecule has 0 fully saturated rings. The number of benzene rings is 2. The lowest BCUT2D eigenvalue weighted by atomic mass is 9.97. The summed E-state index contributed by atoms with van der Waals surface area (Å²) in [5, 5.41) is 22.4. The van der Waals surface area contributed by atoms with Crippen molar-refractivity contribution in [3.05, 3.63) is 69.8 Å². The Balaban J connectivity index is 2.11. The van der Waals surface area contributed by atoms with Crippen LogP contribution in [0.15, 0.2) is 53.5 Å². The summed E-state index contributed by atoms with van der Waals surface area (Å²) >= 11 is 0. The van der Waals surface area contributed by atoms with Crippen molar-refractivity contribution in [3.63, 3.8) is 0 Å². The minimum Gasteiger partial charge on any atom is -0.872 e. The third-order valence-corrected chi connectivity index (χ3v) is 3.52. The average molecular weight is 297 g/mol. The summed E-state index contributed by atoms with van der Waals surface area (Å²) in [6.07, 6.45) is 2.36. The lowest BCUT2D eigenvalue weighted by Gasteiger charge is -2.13. The van der Waals surface area contributed by atoms with Gasteiger partial charge in [-0.05, 0) is 17.5 Å². The summed E-state index contributed by atoms with van der Waals surface area (Å²) in [6.45, 7) is 2.63. The van der Waals surface area contributed by atoms with Gasteiger partial charge in [-0.2, -0.15) is 0 Å². The zero-order valence-electron chi connectivity index (χ0n) is 12.3. The van der Waals surface area contributed by atoms with Crippen LogP contribution in [0, 0.1) is 10.1 Å². The summed E-state index contributed by atoms with van der Waals surface area (Å²) in [7, 11) is 0. The van der Waals surface area contributed by atoms with E-state index in [4.69, 9.17) is 0 Å². The van der Waals surface area contributed by atoms with Crippen LogP contribution in [0.25, 0.3) is 0 Å². The molecule has 0 aliphatic heterocycles. The first-order chi connectivity index (χ1) is 10.6. The van der Waals surface area contributed by atoms with Gasteiger partial charge in [-0.1, -0.05) is 49.1 Å². The predicted octanol–water partition coefficient (Wildman–Crippen LogP) is 3.28. The number of nitro benzene ring substituents is 1. The quantitative estimate of drug-likeness (QED) is 0.466. The van der Waals surface area contributed by atoms with Gasteiger partial charge >= 0.3 is 0 Å². The van der Waals surface area contributed by atoms with E-state index in [1.54, 1.807) is 0 Å². The summed E-state index contributed by atoms with van der Waals surface area (Å²) in [4.78, 5) is 14.5. The number of aliphatic imine (C=N–C) groups is 1. The molecule has 0 aliphatic carbocycles. The SMILES string of the molecule is CC[C@H](CN=Cc1cc([N+](=O)[O-])ccc1[O-])c1ccccc1. The van der Waals surface area contributed by atoms with Gasteiger partial charge in [0.25, 0.3) is 5.69 Å². The molecule has 2 aromatic carbocycles. The van der Waals surface area contributed by atoms with Crippen molar-refractivity contribution in [2.24, 2.45) is 4.99 Å². The van der Waals surface area contributed by atoms with Crippen LogP contribution in [0.2, 0.25) is 0 Å². The van der Waals surface area contributed by atoms with Gasteiger partial charge in [0.2, 0.25) is 0 Å². The molecule has 114 valence electrons. The van der Waals surface area contributed by atoms with E-state index in [2.05, 4.69) is 24.0 Å². The molecule has 0 bridgehead atoms. The molecule has 0 radical (unpaired) electrons. The Morgan fingerprint density at radius 1 is 1.23 bits per heavy atom. The molecule has 0 spiro atoms. The highest BCUT2D eigenvalue weighted by molar-refractivity contribution is 5.84. The highest BCUT2D eigenvalue weighted by Crippen LogP contribution is 2.21. The second-order valence-electron chi connectivity index (χ2n) is 4.99. The Kier molecular flexibility index (Phi) is 5.25. The van der Waals surface area contributed by atoms with E-state index < -0.39 is 4.92 Å². The molecule has 0 amide bonds. The van der Waals surface area contributed by atoms with Crippen LogP contribution in [0.5, 0.6) is 5.75 Å². The van der Waals surface area contributed by atoms with E-state index in [0.717, 1.165) is 6.42 Å². The van der Waals surface area contributed by atoms with Crippen LogP contribution >= 0.6 is 0 Å². The fourth-order valence-corrected chi connectivity index (χ4v) is 2.22. The Morgan fingerprint density at radius 2 is 1.95 bits per heavy atom. The highest BCUT2D eigenvalue weighted by Gasteiger charge is 2.08. The van der Waals surface area contributed by atoms with E-state index in [9.17, 15) is 15.2 Å². The smallest absolute Gasteiger partial charge is 0.270 e. The van der Waals surface area contributed by atoms with Gasteiger partial charge in [-0.3, -0.25) is 15.1 Å². The molecule has 5 nitrogen and oxygen atoms in total. The lowest BCUT2D eigenvalue weighted by molar-refractivity contribution is -0.385. The van der Waals surface area contributed by atoms with Gasteiger partial charge < -0.3 is 5.11 Å². The first kappa shape index (κ1) is 15.7. The maximum Gasteiger partial charge on any atom is 0.270 e. The van der Waals surface area contributed by atoms with Crippen LogP contribution in [-0.2, 0) is 0 Å². The molecule has 0 saturated heterocycles. The Labute approximate surface area is 129 Å². The number of nitrogens with zero attached hydrogens (tertiary/aromatic N) is 2. The molecule has 0 saturated carbocycles. The molecular weight excluding hydrogens is 280 g/mol. The zero-order chi connectivity index (χ0) is 15.9. The fourth-order valence-electron chi connectivity index (χ4n) is 2.22. The van der Waals surface area contributed by atoms with Gasteiger partial charge in [-0.25, -0.2) is 0 Å². The van der Waals surface area contributed by atoms with Gasteiger partial charge in [0.1, 0.15) is 0 Å². The van der Waals surface area contributed by atoms with Crippen LogP contribution < -0.4 is 5.11 Å². The average Bonchev–Trinajstić information content (AvgIpc) is 2.53. The normalized spacial score (nSPS) is 12.4. The molecule has 0 unspecified atom stereocenters. The van der Waals surface area contributed by atoms with Crippen LogP contribution in [0.4, 0.5) is 5.69 Å². The summed E-state index contributed by atoms with van der Waals surface area (Å²) in [5.74, 6) is 0.00774. The number of non-ortho nitro benzene ring substituents is 1. The second kappa shape index (κ2) is 7.36. The minimum atomic E-state index is -0.518. The standard InChI is InChI=1S/C17H18N2O3/c1-2-13(14-6-4-3-5-7-14)11-18-12-15-10-16(19(21)22)8-9-17(15)20/h3-10,12-13,20H,2,11H2,1H3/p-1/t13-/m1/s1. The van der Waals surface area contributed by atoms with Crippen LogP contribution in [0.3, 0.4) is 0 Å². The molecule has 2 rings (SSSR count). The van der Waals surface area contributed by atoms with Crippen molar-refractivity contribution in [1.29, 1.82) is 0 Å². The van der Waals surface area contributed by atoms with E-state index in [0.29, 0.717) is 6.54 Å². The topological polar surface area (TPSA) is 78.6 Å². The van der Waals surface area contributed by atoms with Crippen LogP contribution in [-0.4, -0.2) is 17.7 Å². The molecule has 0 heterocycles. The van der Waals surface area contributed by atoms with E-state index >= 15 is 0 Å². The van der Waals surface area contributed by atoms with Gasteiger partial charge in [-0.15, -0.1) is 0 Å². The number of nitro groups is 1. The second-order valence-corrected chi connectivity index (χ2v) is 4.99. The molecule has 1 atom stereocenters. The fraction of sp³-hybridized carbons (Fsp3) is 0.235. The van der Waals surface area contributed by atoms with Crippen molar-refractivity contribution in [2.75, 3.05) is 6.54 Å². The lowest BCUT2D eigenvalue weighted by Crippen LogP contribution is -2.03. The van der Waals surface area contributed by atoms with Gasteiger partial charge in [0, 0.05) is 30.8 Å². The van der Waals surface area contributed by atoms with E-state index in [1.807, 2.05) is 18.2 Å². The Bertz CT molecular complexity index is 669. The van der Waals surface area contributed by atoms with Crippen molar-refractivity contribution in [2.45, 2.75) is 19.3 Å². The number of rotatable bonds is 6. The zero-order valence-corrected chi connectivity index (χ0v) is 12.3. The molecule has 0 N–H and O–H groups in total. The third-order valence-electron chi connectivity index (χ3n) is 3.52. The van der Waals surface area contributed by atoms with Crippen molar-refractivity contribution in [3.8, 4) is 5.75 Å². The third kappa shape index (κ3) is 3.91. The number of hydrogen-bond acceptors (Lipinski definition) is 4. The summed E-state index contributed by atoms with van der Waals surface area (Å²) < 4.78 is 0. The molecule has 5 heteroatoms. The van der Waals surface area contributed by atoms with Crippen molar-refractivity contribution < 1.29 is 10.0 Å². The largest absolute Gasteiger partial charge is 0.872 e. The molecule has 0 aliphatic rings. The Hall–Kier alpha value is -2.69. The predicted molar refractivity (Wildman–Crippen MR) is 84.5 cm³/mol. The molecular formula is C17H17N2O3-. The number of hydrogen-bond donors (Lipinski definition) is 0. The van der Waals surface area contributed by atoms with Crippen molar-refractivity contribution >= 4 is 11.9 Å².